The summed E-state index contributed by atoms with van der Waals surface area (Å²) in [7, 11) is 0. The van der Waals surface area contributed by atoms with Crippen LogP contribution in [0.25, 0.3) is 0 Å². The smallest absolute Gasteiger partial charge is 0.269 e. The highest BCUT2D eigenvalue weighted by Gasteiger charge is 2.12. The molecule has 86 valence electrons. The van der Waals surface area contributed by atoms with Crippen LogP contribution in [-0.2, 0) is 13.0 Å². The van der Waals surface area contributed by atoms with E-state index in [0.29, 0.717) is 11.8 Å². The van der Waals surface area contributed by atoms with Gasteiger partial charge >= 0.3 is 0 Å². The first-order valence-electron chi connectivity index (χ1n) is 5.70. The van der Waals surface area contributed by atoms with Crippen molar-refractivity contribution in [2.75, 3.05) is 0 Å². The molecule has 15 heavy (non-hydrogen) atoms. The Hall–Kier alpha value is -0.990. The Morgan fingerprint density at radius 3 is 2.27 bits per heavy atom. The van der Waals surface area contributed by atoms with Crippen molar-refractivity contribution in [1.82, 2.24) is 9.78 Å². The minimum Gasteiger partial charge on any atom is -0.300 e. The van der Waals surface area contributed by atoms with E-state index >= 15 is 0 Å². The van der Waals surface area contributed by atoms with Gasteiger partial charge in [-0.25, -0.2) is 0 Å². The molecule has 0 fully saturated rings. The molecular weight excluding hydrogens is 188 g/mol. The van der Waals surface area contributed by atoms with E-state index < -0.39 is 0 Å². The Bertz CT molecular complexity index is 371. The molecule has 0 aliphatic carbocycles. The van der Waals surface area contributed by atoms with Gasteiger partial charge in [-0.3, -0.25) is 14.6 Å². The topological polar surface area (TPSA) is 37.8 Å². The zero-order valence-corrected chi connectivity index (χ0v) is 10.4. The van der Waals surface area contributed by atoms with Crippen LogP contribution in [0.5, 0.6) is 0 Å². The maximum atomic E-state index is 12.0. The molecule has 0 saturated heterocycles. The Kier molecular flexibility index (Phi) is 3.77. The van der Waals surface area contributed by atoms with Gasteiger partial charge in [-0.05, 0) is 25.2 Å². The van der Waals surface area contributed by atoms with Crippen molar-refractivity contribution >= 4 is 0 Å². The summed E-state index contributed by atoms with van der Waals surface area (Å²) < 4.78 is 1.73. The van der Waals surface area contributed by atoms with E-state index in [1.54, 1.807) is 4.68 Å². The van der Waals surface area contributed by atoms with Crippen LogP contribution in [0.1, 0.15) is 39.0 Å². The number of aromatic amines is 1. The molecule has 0 amide bonds. The zero-order chi connectivity index (χ0) is 11.6. The molecule has 1 aromatic heterocycles. The molecule has 0 atom stereocenters. The monoisotopic (exact) mass is 210 g/mol. The number of hydrogen-bond acceptors (Lipinski definition) is 1. The summed E-state index contributed by atoms with van der Waals surface area (Å²) in [6.45, 7) is 11.3. The van der Waals surface area contributed by atoms with Crippen molar-refractivity contribution in [3.63, 3.8) is 0 Å². The van der Waals surface area contributed by atoms with Crippen LogP contribution < -0.4 is 5.56 Å². The van der Waals surface area contributed by atoms with Gasteiger partial charge < -0.3 is 0 Å². The van der Waals surface area contributed by atoms with Gasteiger partial charge in [0, 0.05) is 17.8 Å². The Morgan fingerprint density at radius 2 is 1.80 bits per heavy atom. The summed E-state index contributed by atoms with van der Waals surface area (Å²) in [4.78, 5) is 12.0. The van der Waals surface area contributed by atoms with Crippen molar-refractivity contribution in [3.8, 4) is 0 Å². The van der Waals surface area contributed by atoms with Gasteiger partial charge in [-0.2, -0.15) is 0 Å². The molecule has 0 spiro atoms. The first-order valence-corrected chi connectivity index (χ1v) is 5.70. The van der Waals surface area contributed by atoms with Gasteiger partial charge in [0.25, 0.3) is 5.56 Å². The third kappa shape index (κ3) is 2.98. The van der Waals surface area contributed by atoms with Crippen molar-refractivity contribution in [1.29, 1.82) is 0 Å². The molecule has 3 nitrogen and oxygen atoms in total. The second-order valence-electron chi connectivity index (χ2n) is 5.12. The van der Waals surface area contributed by atoms with E-state index in [4.69, 9.17) is 0 Å². The minimum absolute atomic E-state index is 0.162. The van der Waals surface area contributed by atoms with Gasteiger partial charge in [-0.1, -0.05) is 27.7 Å². The first-order chi connectivity index (χ1) is 6.91. The van der Waals surface area contributed by atoms with Crippen LogP contribution in [0.3, 0.4) is 0 Å². The lowest BCUT2D eigenvalue weighted by Crippen LogP contribution is -2.22. The average molecular weight is 210 g/mol. The standard InChI is InChI=1S/C12H22N2O/c1-8(2)6-11-10(5)13-14(12(11)15)7-9(3)4/h8-9,13H,6-7H2,1-5H3. The van der Waals surface area contributed by atoms with E-state index in [0.717, 1.165) is 24.2 Å². The van der Waals surface area contributed by atoms with E-state index in [1.165, 1.54) is 0 Å². The van der Waals surface area contributed by atoms with Gasteiger partial charge in [0.1, 0.15) is 0 Å². The average Bonchev–Trinajstić information content (AvgIpc) is 2.31. The Balaban J connectivity index is 2.98. The van der Waals surface area contributed by atoms with Gasteiger partial charge in [-0.15, -0.1) is 0 Å². The number of aryl methyl sites for hydroxylation is 1. The van der Waals surface area contributed by atoms with E-state index in [1.807, 2.05) is 6.92 Å². The number of H-pyrrole nitrogens is 1. The third-order valence-electron chi connectivity index (χ3n) is 2.42. The molecule has 0 unspecified atom stereocenters. The second-order valence-corrected chi connectivity index (χ2v) is 5.12. The number of aromatic nitrogens is 2. The number of rotatable bonds is 4. The third-order valence-corrected chi connectivity index (χ3v) is 2.42. The maximum Gasteiger partial charge on any atom is 0.269 e. The SMILES string of the molecule is Cc1[nH]n(CC(C)C)c(=O)c1CC(C)C. The number of nitrogens with zero attached hydrogens (tertiary/aromatic N) is 1. The van der Waals surface area contributed by atoms with Crippen LogP contribution in [0.15, 0.2) is 4.79 Å². The molecule has 0 aliphatic heterocycles. The summed E-state index contributed by atoms with van der Waals surface area (Å²) in [6, 6.07) is 0. The minimum atomic E-state index is 0.162. The van der Waals surface area contributed by atoms with E-state index in [2.05, 4.69) is 32.8 Å². The predicted molar refractivity (Wildman–Crippen MR) is 63.2 cm³/mol. The van der Waals surface area contributed by atoms with Crippen molar-refractivity contribution < 1.29 is 0 Å². The van der Waals surface area contributed by atoms with E-state index in [9.17, 15) is 4.79 Å². The molecule has 1 N–H and O–H groups in total. The van der Waals surface area contributed by atoms with Gasteiger partial charge in [0.05, 0.1) is 0 Å². The Morgan fingerprint density at radius 1 is 1.20 bits per heavy atom. The zero-order valence-electron chi connectivity index (χ0n) is 10.4. The van der Waals surface area contributed by atoms with Gasteiger partial charge in [0.15, 0.2) is 0 Å². The van der Waals surface area contributed by atoms with Crippen molar-refractivity contribution in [2.24, 2.45) is 11.8 Å². The molecule has 1 rings (SSSR count). The molecular formula is C12H22N2O. The lowest BCUT2D eigenvalue weighted by atomic mass is 10.0. The normalized spacial score (nSPS) is 11.7. The fourth-order valence-corrected chi connectivity index (χ4v) is 1.79. The predicted octanol–water partition coefficient (Wildman–Crippen LogP) is 2.34. The number of hydrogen-bond donors (Lipinski definition) is 1. The van der Waals surface area contributed by atoms with Crippen LogP contribution >= 0.6 is 0 Å². The molecule has 0 saturated carbocycles. The van der Waals surface area contributed by atoms with E-state index in [-0.39, 0.29) is 5.56 Å². The van der Waals surface area contributed by atoms with Crippen LogP contribution in [0.4, 0.5) is 0 Å². The quantitative estimate of drug-likeness (QED) is 0.813. The highest BCUT2D eigenvalue weighted by molar-refractivity contribution is 5.16. The highest BCUT2D eigenvalue weighted by Crippen LogP contribution is 2.08. The van der Waals surface area contributed by atoms with Crippen LogP contribution in [0, 0.1) is 18.8 Å². The molecule has 0 radical (unpaired) electrons. The summed E-state index contributed by atoms with van der Waals surface area (Å²) >= 11 is 0. The summed E-state index contributed by atoms with van der Waals surface area (Å²) in [6.07, 6.45) is 0.867. The summed E-state index contributed by atoms with van der Waals surface area (Å²) in [5, 5.41) is 3.15. The lowest BCUT2D eigenvalue weighted by molar-refractivity contribution is 0.470. The Labute approximate surface area is 91.5 Å². The van der Waals surface area contributed by atoms with Crippen LogP contribution in [-0.4, -0.2) is 9.78 Å². The van der Waals surface area contributed by atoms with Gasteiger partial charge in [0.2, 0.25) is 0 Å². The molecule has 0 aliphatic rings. The van der Waals surface area contributed by atoms with Crippen LogP contribution in [0.2, 0.25) is 0 Å². The fraction of sp³-hybridized carbons (Fsp3) is 0.750. The van der Waals surface area contributed by atoms with Crippen molar-refractivity contribution in [2.45, 2.75) is 47.6 Å². The molecule has 1 aromatic rings. The van der Waals surface area contributed by atoms with Crippen molar-refractivity contribution in [3.05, 3.63) is 21.6 Å². The summed E-state index contributed by atoms with van der Waals surface area (Å²) in [5.41, 5.74) is 2.13. The summed E-state index contributed by atoms with van der Waals surface area (Å²) in [5.74, 6) is 1.02. The molecule has 0 bridgehead atoms. The highest BCUT2D eigenvalue weighted by atomic mass is 16.1. The molecule has 3 heteroatoms. The molecule has 1 heterocycles. The second kappa shape index (κ2) is 4.69. The first kappa shape index (κ1) is 12.1. The molecule has 0 aromatic carbocycles. The lowest BCUT2D eigenvalue weighted by Gasteiger charge is -2.04. The maximum absolute atomic E-state index is 12.0. The number of nitrogens with one attached hydrogen (secondary N) is 1. The largest absolute Gasteiger partial charge is 0.300 e. The fourth-order valence-electron chi connectivity index (χ4n) is 1.79.